The summed E-state index contributed by atoms with van der Waals surface area (Å²) < 4.78 is 0. The lowest BCUT2D eigenvalue weighted by atomic mass is 9.83. The fourth-order valence-corrected chi connectivity index (χ4v) is 4.19. The molecule has 3 aromatic rings. The van der Waals surface area contributed by atoms with E-state index in [1.807, 2.05) is 54.6 Å². The highest BCUT2D eigenvalue weighted by Gasteiger charge is 2.34. The molecular formula is C25H23ClN2O2. The van der Waals surface area contributed by atoms with Crippen molar-refractivity contribution >= 4 is 29.1 Å². The molecule has 4 rings (SSSR count). The highest BCUT2D eigenvalue weighted by molar-refractivity contribution is 6.30. The molecule has 0 aromatic heterocycles. The fourth-order valence-electron chi connectivity index (χ4n) is 4.00. The smallest absolute Gasteiger partial charge is 0.253 e. The van der Waals surface area contributed by atoms with E-state index >= 15 is 0 Å². The van der Waals surface area contributed by atoms with E-state index in [0.29, 0.717) is 35.8 Å². The Hall–Kier alpha value is -3.11. The molecule has 0 aliphatic carbocycles. The van der Waals surface area contributed by atoms with Gasteiger partial charge in [0.15, 0.2) is 0 Å². The van der Waals surface area contributed by atoms with E-state index < -0.39 is 0 Å². The third-order valence-corrected chi connectivity index (χ3v) is 5.73. The van der Waals surface area contributed by atoms with Crippen molar-refractivity contribution in [2.45, 2.75) is 12.3 Å². The van der Waals surface area contributed by atoms with E-state index in [2.05, 4.69) is 17.4 Å². The van der Waals surface area contributed by atoms with Crippen LogP contribution in [0.3, 0.4) is 0 Å². The maximum absolute atomic E-state index is 13.1. The van der Waals surface area contributed by atoms with Gasteiger partial charge < -0.3 is 10.2 Å². The molecule has 5 heteroatoms. The Balaban J connectivity index is 1.57. The number of carbonyl (C=O) groups excluding carboxylic acids is 2. The van der Waals surface area contributed by atoms with Crippen molar-refractivity contribution in [1.29, 1.82) is 0 Å². The molecule has 1 heterocycles. The van der Waals surface area contributed by atoms with Crippen LogP contribution in [0.25, 0.3) is 0 Å². The lowest BCUT2D eigenvalue weighted by Gasteiger charge is -2.37. The van der Waals surface area contributed by atoms with Crippen LogP contribution < -0.4 is 5.32 Å². The molecule has 1 N–H and O–H groups in total. The molecule has 1 saturated heterocycles. The number of hydrogen-bond acceptors (Lipinski definition) is 2. The minimum atomic E-state index is -0.310. The van der Waals surface area contributed by atoms with Crippen molar-refractivity contribution in [1.82, 2.24) is 4.90 Å². The van der Waals surface area contributed by atoms with E-state index in [1.165, 1.54) is 0 Å². The molecule has 4 nitrogen and oxygen atoms in total. The number of halogens is 1. The Labute approximate surface area is 181 Å². The lowest BCUT2D eigenvalue weighted by Crippen LogP contribution is -2.46. The fraction of sp³-hybridized carbons (Fsp3) is 0.200. The number of nitrogens with one attached hydrogen (secondary N) is 1. The molecular weight excluding hydrogens is 396 g/mol. The molecule has 1 aliphatic rings. The quantitative estimate of drug-likeness (QED) is 0.631. The van der Waals surface area contributed by atoms with Crippen LogP contribution >= 0.6 is 11.6 Å². The van der Waals surface area contributed by atoms with Gasteiger partial charge in [0, 0.05) is 35.3 Å². The van der Waals surface area contributed by atoms with E-state index in [9.17, 15) is 9.59 Å². The molecule has 0 radical (unpaired) electrons. The monoisotopic (exact) mass is 418 g/mol. The number of nitrogens with zero attached hydrogens (tertiary/aromatic N) is 1. The van der Waals surface area contributed by atoms with Crippen LogP contribution in [-0.4, -0.2) is 29.8 Å². The van der Waals surface area contributed by atoms with Gasteiger partial charge in [0.25, 0.3) is 5.91 Å². The van der Waals surface area contributed by atoms with Gasteiger partial charge in [0.2, 0.25) is 5.91 Å². The first-order valence-corrected chi connectivity index (χ1v) is 10.4. The molecule has 2 unspecified atom stereocenters. The number of amides is 2. The maximum Gasteiger partial charge on any atom is 0.253 e. The van der Waals surface area contributed by atoms with Crippen LogP contribution in [0.1, 0.15) is 28.3 Å². The highest BCUT2D eigenvalue weighted by Crippen LogP contribution is 2.32. The number of benzene rings is 3. The third-order valence-electron chi connectivity index (χ3n) is 5.49. The van der Waals surface area contributed by atoms with Gasteiger partial charge in [-0.05, 0) is 42.3 Å². The number of piperidine rings is 1. The van der Waals surface area contributed by atoms with Crippen molar-refractivity contribution in [3.05, 3.63) is 101 Å². The average molecular weight is 419 g/mol. The third kappa shape index (κ3) is 4.71. The maximum atomic E-state index is 13.1. The normalized spacial score (nSPS) is 18.6. The van der Waals surface area contributed by atoms with Crippen LogP contribution in [-0.2, 0) is 4.79 Å². The van der Waals surface area contributed by atoms with Gasteiger partial charge in [0.05, 0.1) is 5.92 Å². The topological polar surface area (TPSA) is 49.4 Å². The second-order valence-electron chi connectivity index (χ2n) is 7.62. The van der Waals surface area contributed by atoms with Crippen LogP contribution in [0.15, 0.2) is 84.9 Å². The molecule has 2 amide bonds. The van der Waals surface area contributed by atoms with E-state index in [4.69, 9.17) is 11.6 Å². The molecule has 1 aliphatic heterocycles. The first-order chi connectivity index (χ1) is 14.6. The average Bonchev–Trinajstić information content (AvgIpc) is 2.79. The van der Waals surface area contributed by atoms with E-state index in [0.717, 1.165) is 5.56 Å². The zero-order chi connectivity index (χ0) is 20.9. The SMILES string of the molecule is O=C(Nc1cccc(Cl)c1)C1CC(c2ccccc2)CN(C(=O)c2ccccc2)C1. The largest absolute Gasteiger partial charge is 0.337 e. The lowest BCUT2D eigenvalue weighted by molar-refractivity contribution is -0.121. The van der Waals surface area contributed by atoms with Gasteiger partial charge >= 0.3 is 0 Å². The Morgan fingerprint density at radius 1 is 0.867 bits per heavy atom. The van der Waals surface area contributed by atoms with Crippen molar-refractivity contribution in [3.8, 4) is 0 Å². The van der Waals surface area contributed by atoms with E-state index in [-0.39, 0.29) is 23.7 Å². The van der Waals surface area contributed by atoms with Crippen molar-refractivity contribution < 1.29 is 9.59 Å². The van der Waals surface area contributed by atoms with Crippen LogP contribution in [0.4, 0.5) is 5.69 Å². The Kier molecular flexibility index (Phi) is 6.15. The van der Waals surface area contributed by atoms with Crippen molar-refractivity contribution in [2.75, 3.05) is 18.4 Å². The molecule has 30 heavy (non-hydrogen) atoms. The van der Waals surface area contributed by atoms with Gasteiger partial charge in [0.1, 0.15) is 0 Å². The van der Waals surface area contributed by atoms with E-state index in [1.54, 1.807) is 23.1 Å². The predicted octanol–water partition coefficient (Wildman–Crippen LogP) is 5.22. The summed E-state index contributed by atoms with van der Waals surface area (Å²) in [6.45, 7) is 0.988. The number of anilines is 1. The number of rotatable bonds is 4. The molecule has 2 atom stereocenters. The summed E-state index contributed by atoms with van der Waals surface area (Å²) in [5, 5.41) is 3.53. The Morgan fingerprint density at radius 3 is 2.27 bits per heavy atom. The number of carbonyl (C=O) groups is 2. The number of hydrogen-bond donors (Lipinski definition) is 1. The van der Waals surface area contributed by atoms with Crippen molar-refractivity contribution in [2.24, 2.45) is 5.92 Å². The van der Waals surface area contributed by atoms with Crippen LogP contribution in [0, 0.1) is 5.92 Å². The molecule has 0 saturated carbocycles. The Bertz CT molecular complexity index is 1020. The summed E-state index contributed by atoms with van der Waals surface area (Å²) in [7, 11) is 0. The van der Waals surface area contributed by atoms with Crippen LogP contribution in [0.2, 0.25) is 5.02 Å². The van der Waals surface area contributed by atoms with Gasteiger partial charge in [-0.2, -0.15) is 0 Å². The minimum Gasteiger partial charge on any atom is -0.337 e. The summed E-state index contributed by atoms with van der Waals surface area (Å²) in [5.41, 5.74) is 2.44. The molecule has 1 fully saturated rings. The predicted molar refractivity (Wildman–Crippen MR) is 120 cm³/mol. The molecule has 0 spiro atoms. The zero-order valence-corrected chi connectivity index (χ0v) is 17.3. The van der Waals surface area contributed by atoms with Gasteiger partial charge in [-0.25, -0.2) is 0 Å². The molecule has 152 valence electrons. The van der Waals surface area contributed by atoms with Gasteiger partial charge in [-0.3, -0.25) is 9.59 Å². The second-order valence-corrected chi connectivity index (χ2v) is 8.05. The highest BCUT2D eigenvalue weighted by atomic mass is 35.5. The van der Waals surface area contributed by atoms with Gasteiger partial charge in [-0.1, -0.05) is 66.2 Å². The van der Waals surface area contributed by atoms with Gasteiger partial charge in [-0.15, -0.1) is 0 Å². The second kappa shape index (κ2) is 9.14. The summed E-state index contributed by atoms with van der Waals surface area (Å²) >= 11 is 6.05. The van der Waals surface area contributed by atoms with Crippen LogP contribution in [0.5, 0.6) is 0 Å². The summed E-state index contributed by atoms with van der Waals surface area (Å²) in [5.74, 6) is -0.348. The molecule has 0 bridgehead atoms. The molecule has 3 aromatic carbocycles. The summed E-state index contributed by atoms with van der Waals surface area (Å²) in [6.07, 6.45) is 0.689. The Morgan fingerprint density at radius 2 is 1.57 bits per heavy atom. The number of likely N-dealkylation sites (tertiary alicyclic amines) is 1. The standard InChI is InChI=1S/C25H23ClN2O2/c26-22-12-7-13-23(15-22)27-24(29)21-14-20(18-8-3-1-4-9-18)16-28(17-21)25(30)19-10-5-2-6-11-19/h1-13,15,20-21H,14,16-17H2,(H,27,29). The first-order valence-electron chi connectivity index (χ1n) is 10.1. The first kappa shape index (κ1) is 20.2. The van der Waals surface area contributed by atoms with Crippen molar-refractivity contribution in [3.63, 3.8) is 0 Å². The summed E-state index contributed by atoms with van der Waals surface area (Å²) in [6, 6.07) is 26.4. The summed E-state index contributed by atoms with van der Waals surface area (Å²) in [4.78, 5) is 28.0. The zero-order valence-electron chi connectivity index (χ0n) is 16.5. The minimum absolute atomic E-state index is 0.0446.